The molecule has 1 aromatic rings. The summed E-state index contributed by atoms with van der Waals surface area (Å²) < 4.78 is 11.4. The van der Waals surface area contributed by atoms with Crippen molar-refractivity contribution in [1.82, 2.24) is 0 Å². The van der Waals surface area contributed by atoms with Crippen molar-refractivity contribution in [3.63, 3.8) is 0 Å². The van der Waals surface area contributed by atoms with Gasteiger partial charge in [-0.2, -0.15) is 0 Å². The van der Waals surface area contributed by atoms with E-state index in [9.17, 15) is 4.79 Å². The van der Waals surface area contributed by atoms with Crippen LogP contribution in [0.4, 0.5) is 5.69 Å². The number of ether oxygens (including phenoxy) is 2. The zero-order valence-electron chi connectivity index (χ0n) is 11.3. The average Bonchev–Trinajstić information content (AvgIpc) is 2.53. The fourth-order valence-electron chi connectivity index (χ4n) is 1.78. The lowest BCUT2D eigenvalue weighted by atomic mass is 10.2. The minimum absolute atomic E-state index is 0.0699. The molecule has 1 atom stereocenters. The van der Waals surface area contributed by atoms with Crippen LogP contribution in [0.5, 0.6) is 11.5 Å². The molecule has 1 aliphatic rings. The van der Waals surface area contributed by atoms with E-state index in [2.05, 4.69) is 25.7 Å². The SMILES string of the molecule is C=C[C@@H]1CC(=O)Nc2ccc(OCC(C)C)cc2O1. The molecule has 0 spiro atoms. The summed E-state index contributed by atoms with van der Waals surface area (Å²) in [5, 5.41) is 2.81. The lowest BCUT2D eigenvalue weighted by molar-refractivity contribution is -0.117. The molecule has 1 heterocycles. The van der Waals surface area contributed by atoms with Gasteiger partial charge in [-0.15, -0.1) is 0 Å². The highest BCUT2D eigenvalue weighted by atomic mass is 16.5. The molecule has 0 aromatic heterocycles. The molecule has 2 rings (SSSR count). The van der Waals surface area contributed by atoms with Gasteiger partial charge in [-0.05, 0) is 18.1 Å². The first-order chi connectivity index (χ1) is 9.08. The van der Waals surface area contributed by atoms with Gasteiger partial charge in [0.05, 0.1) is 18.7 Å². The lowest BCUT2D eigenvalue weighted by Gasteiger charge is -2.14. The zero-order chi connectivity index (χ0) is 13.8. The van der Waals surface area contributed by atoms with Gasteiger partial charge < -0.3 is 14.8 Å². The maximum Gasteiger partial charge on any atom is 0.228 e. The third kappa shape index (κ3) is 3.50. The zero-order valence-corrected chi connectivity index (χ0v) is 11.3. The van der Waals surface area contributed by atoms with E-state index < -0.39 is 0 Å². The molecule has 1 amide bonds. The van der Waals surface area contributed by atoms with Crippen LogP contribution in [0.15, 0.2) is 30.9 Å². The van der Waals surface area contributed by atoms with E-state index in [0.29, 0.717) is 24.0 Å². The van der Waals surface area contributed by atoms with Crippen LogP contribution in [0.3, 0.4) is 0 Å². The molecule has 19 heavy (non-hydrogen) atoms. The van der Waals surface area contributed by atoms with Crippen LogP contribution in [-0.4, -0.2) is 18.6 Å². The van der Waals surface area contributed by atoms with E-state index in [1.165, 1.54) is 0 Å². The van der Waals surface area contributed by atoms with E-state index in [-0.39, 0.29) is 18.4 Å². The van der Waals surface area contributed by atoms with Gasteiger partial charge in [0.25, 0.3) is 0 Å². The van der Waals surface area contributed by atoms with Gasteiger partial charge in [-0.1, -0.05) is 26.5 Å². The maximum atomic E-state index is 11.6. The number of carbonyl (C=O) groups is 1. The van der Waals surface area contributed by atoms with Gasteiger partial charge in [-0.3, -0.25) is 4.79 Å². The topological polar surface area (TPSA) is 47.6 Å². The molecule has 0 fully saturated rings. The van der Waals surface area contributed by atoms with E-state index in [1.807, 2.05) is 6.07 Å². The quantitative estimate of drug-likeness (QED) is 0.847. The van der Waals surface area contributed by atoms with Crippen molar-refractivity contribution in [2.75, 3.05) is 11.9 Å². The Labute approximate surface area is 113 Å². The Morgan fingerprint density at radius 3 is 3.05 bits per heavy atom. The number of hydrogen-bond acceptors (Lipinski definition) is 3. The molecule has 0 saturated heterocycles. The van der Waals surface area contributed by atoms with Gasteiger partial charge in [0.1, 0.15) is 17.6 Å². The molecule has 102 valence electrons. The fourth-order valence-corrected chi connectivity index (χ4v) is 1.78. The predicted octanol–water partition coefficient (Wildman–Crippen LogP) is 3.00. The maximum absolute atomic E-state index is 11.6. The van der Waals surface area contributed by atoms with Gasteiger partial charge in [0.15, 0.2) is 0 Å². The highest BCUT2D eigenvalue weighted by molar-refractivity contribution is 5.93. The molecular weight excluding hydrogens is 242 g/mol. The van der Waals surface area contributed by atoms with Crippen LogP contribution in [-0.2, 0) is 4.79 Å². The Bertz CT molecular complexity index is 482. The predicted molar refractivity (Wildman–Crippen MR) is 74.6 cm³/mol. The molecule has 0 radical (unpaired) electrons. The molecule has 0 bridgehead atoms. The summed E-state index contributed by atoms with van der Waals surface area (Å²) in [4.78, 5) is 11.6. The summed E-state index contributed by atoms with van der Waals surface area (Å²) in [6, 6.07) is 5.44. The van der Waals surface area contributed by atoms with Gasteiger partial charge in [0.2, 0.25) is 5.91 Å². The number of fused-ring (bicyclic) bond motifs is 1. The summed E-state index contributed by atoms with van der Waals surface area (Å²) in [6.07, 6.45) is 1.61. The summed E-state index contributed by atoms with van der Waals surface area (Å²) >= 11 is 0. The average molecular weight is 261 g/mol. The number of carbonyl (C=O) groups excluding carboxylic acids is 1. The second-order valence-electron chi connectivity index (χ2n) is 5.01. The third-order valence-corrected chi connectivity index (χ3v) is 2.74. The Kier molecular flexibility index (Phi) is 4.10. The number of rotatable bonds is 4. The minimum atomic E-state index is -0.304. The molecule has 1 aliphatic heterocycles. The Hall–Kier alpha value is -1.97. The highest BCUT2D eigenvalue weighted by Crippen LogP contribution is 2.33. The number of amides is 1. The van der Waals surface area contributed by atoms with E-state index in [4.69, 9.17) is 9.47 Å². The van der Waals surface area contributed by atoms with Crippen molar-refractivity contribution in [1.29, 1.82) is 0 Å². The summed E-state index contributed by atoms with van der Waals surface area (Å²) in [6.45, 7) is 8.51. The first-order valence-electron chi connectivity index (χ1n) is 6.44. The smallest absolute Gasteiger partial charge is 0.228 e. The summed E-state index contributed by atoms with van der Waals surface area (Å²) in [7, 11) is 0. The number of benzene rings is 1. The molecule has 1 N–H and O–H groups in total. The van der Waals surface area contributed by atoms with Crippen molar-refractivity contribution in [3.8, 4) is 11.5 Å². The number of nitrogens with one attached hydrogen (secondary N) is 1. The third-order valence-electron chi connectivity index (χ3n) is 2.74. The second kappa shape index (κ2) is 5.78. The van der Waals surface area contributed by atoms with Crippen LogP contribution >= 0.6 is 0 Å². The first-order valence-corrected chi connectivity index (χ1v) is 6.44. The minimum Gasteiger partial charge on any atom is -0.493 e. The van der Waals surface area contributed by atoms with E-state index in [1.54, 1.807) is 18.2 Å². The number of hydrogen-bond donors (Lipinski definition) is 1. The Balaban J connectivity index is 2.20. The van der Waals surface area contributed by atoms with Crippen molar-refractivity contribution in [3.05, 3.63) is 30.9 Å². The van der Waals surface area contributed by atoms with Crippen LogP contribution in [0.1, 0.15) is 20.3 Å². The molecule has 0 aliphatic carbocycles. The van der Waals surface area contributed by atoms with Crippen molar-refractivity contribution in [2.24, 2.45) is 5.92 Å². The largest absolute Gasteiger partial charge is 0.493 e. The van der Waals surface area contributed by atoms with E-state index >= 15 is 0 Å². The standard InChI is InChI=1S/C15H19NO3/c1-4-11-8-15(17)16-13-6-5-12(7-14(13)19-11)18-9-10(2)3/h4-7,10-11H,1,8-9H2,2-3H3,(H,16,17)/t11-/m1/s1. The van der Waals surface area contributed by atoms with Gasteiger partial charge in [-0.25, -0.2) is 0 Å². The van der Waals surface area contributed by atoms with E-state index in [0.717, 1.165) is 5.75 Å². The van der Waals surface area contributed by atoms with Crippen LogP contribution in [0.25, 0.3) is 0 Å². The Morgan fingerprint density at radius 1 is 1.58 bits per heavy atom. The van der Waals surface area contributed by atoms with Crippen LogP contribution in [0.2, 0.25) is 0 Å². The monoisotopic (exact) mass is 261 g/mol. The Morgan fingerprint density at radius 2 is 2.37 bits per heavy atom. The van der Waals surface area contributed by atoms with Crippen LogP contribution in [0, 0.1) is 5.92 Å². The second-order valence-corrected chi connectivity index (χ2v) is 5.01. The molecule has 4 nitrogen and oxygen atoms in total. The molecule has 0 saturated carbocycles. The van der Waals surface area contributed by atoms with Gasteiger partial charge in [0, 0.05) is 6.07 Å². The molecule has 4 heteroatoms. The van der Waals surface area contributed by atoms with Crippen molar-refractivity contribution >= 4 is 11.6 Å². The van der Waals surface area contributed by atoms with Crippen molar-refractivity contribution < 1.29 is 14.3 Å². The molecular formula is C15H19NO3. The highest BCUT2D eigenvalue weighted by Gasteiger charge is 2.20. The first kappa shape index (κ1) is 13.5. The lowest BCUT2D eigenvalue weighted by Crippen LogP contribution is -2.18. The molecule has 0 unspecified atom stereocenters. The number of anilines is 1. The van der Waals surface area contributed by atoms with Gasteiger partial charge >= 0.3 is 0 Å². The van der Waals surface area contributed by atoms with Crippen LogP contribution < -0.4 is 14.8 Å². The summed E-state index contributed by atoms with van der Waals surface area (Å²) in [5.41, 5.74) is 0.672. The summed E-state index contributed by atoms with van der Waals surface area (Å²) in [5.74, 6) is 1.75. The van der Waals surface area contributed by atoms with Crippen molar-refractivity contribution in [2.45, 2.75) is 26.4 Å². The normalized spacial score (nSPS) is 18.1. The molecule has 1 aromatic carbocycles. The fraction of sp³-hybridized carbons (Fsp3) is 0.400.